The largest absolute Gasteiger partial charge is 0.339 e. The average Bonchev–Trinajstić information content (AvgIpc) is 3.43. The maximum absolute atomic E-state index is 5.42. The van der Waals surface area contributed by atoms with Crippen LogP contribution in [0.15, 0.2) is 34.9 Å². The molecule has 1 atom stereocenters. The molecule has 3 aliphatic rings. The van der Waals surface area contributed by atoms with Crippen LogP contribution in [0, 0.1) is 5.41 Å². The van der Waals surface area contributed by atoms with E-state index in [0.717, 1.165) is 31.3 Å². The van der Waals surface area contributed by atoms with Gasteiger partial charge >= 0.3 is 0 Å². The number of aromatic nitrogens is 2. The van der Waals surface area contributed by atoms with Gasteiger partial charge in [0.25, 0.3) is 0 Å². The first kappa shape index (κ1) is 17.4. The van der Waals surface area contributed by atoms with Gasteiger partial charge in [-0.2, -0.15) is 4.98 Å². The first-order valence-corrected chi connectivity index (χ1v) is 10.5. The number of hydrogen-bond acceptors (Lipinski definition) is 5. The average molecular weight is 367 g/mol. The zero-order valence-corrected chi connectivity index (χ0v) is 16.3. The summed E-state index contributed by atoms with van der Waals surface area (Å²) in [4.78, 5) is 9.67. The Hall–Kier alpha value is -1.72. The highest BCUT2D eigenvalue weighted by Gasteiger charge is 2.41. The van der Waals surface area contributed by atoms with Crippen molar-refractivity contribution in [2.24, 2.45) is 5.41 Å². The van der Waals surface area contributed by atoms with Crippen LogP contribution in [0.5, 0.6) is 0 Å². The van der Waals surface area contributed by atoms with Crippen LogP contribution < -0.4 is 0 Å². The lowest BCUT2D eigenvalue weighted by molar-refractivity contribution is 0.0210. The van der Waals surface area contributed by atoms with E-state index < -0.39 is 0 Å². The van der Waals surface area contributed by atoms with E-state index in [1.54, 1.807) is 0 Å². The Kier molecular flexibility index (Phi) is 4.52. The minimum atomic E-state index is 0.459. The minimum absolute atomic E-state index is 0.459. The lowest BCUT2D eigenvalue weighted by atomic mass is 9.68. The van der Waals surface area contributed by atoms with Gasteiger partial charge in [-0.3, -0.25) is 4.90 Å². The molecule has 1 spiro atoms. The molecule has 2 aromatic rings. The fourth-order valence-electron chi connectivity index (χ4n) is 5.19. The number of benzene rings is 1. The smallest absolute Gasteiger partial charge is 0.229 e. The molecule has 0 amide bonds. The molecule has 3 fully saturated rings. The molecule has 5 rings (SSSR count). The Morgan fingerprint density at radius 1 is 1.11 bits per heavy atom. The van der Waals surface area contributed by atoms with Crippen molar-refractivity contribution in [1.29, 1.82) is 0 Å². The van der Waals surface area contributed by atoms with Crippen molar-refractivity contribution < 1.29 is 4.52 Å². The van der Waals surface area contributed by atoms with Gasteiger partial charge in [0.2, 0.25) is 5.89 Å². The second-order valence-electron chi connectivity index (χ2n) is 9.11. The Morgan fingerprint density at radius 3 is 2.63 bits per heavy atom. The van der Waals surface area contributed by atoms with Crippen LogP contribution >= 0.6 is 0 Å². The van der Waals surface area contributed by atoms with Crippen molar-refractivity contribution in [2.45, 2.75) is 50.5 Å². The molecule has 0 unspecified atom stereocenters. The SMILES string of the molecule is CN1C[C@@H](c2ccccc2)CC2(CCN(Cc3noc(C4CC4)n3)CC2)C1. The van der Waals surface area contributed by atoms with E-state index in [0.29, 0.717) is 17.3 Å². The molecular weight excluding hydrogens is 336 g/mol. The van der Waals surface area contributed by atoms with E-state index in [-0.39, 0.29) is 0 Å². The molecule has 1 aromatic carbocycles. The topological polar surface area (TPSA) is 45.4 Å². The van der Waals surface area contributed by atoms with Crippen molar-refractivity contribution >= 4 is 0 Å². The molecular formula is C22H30N4O. The van der Waals surface area contributed by atoms with Gasteiger partial charge in [-0.25, -0.2) is 0 Å². The summed E-state index contributed by atoms with van der Waals surface area (Å²) < 4.78 is 5.42. The van der Waals surface area contributed by atoms with Crippen LogP contribution in [0.1, 0.15) is 61.2 Å². The summed E-state index contributed by atoms with van der Waals surface area (Å²) in [6.45, 7) is 5.54. The summed E-state index contributed by atoms with van der Waals surface area (Å²) in [5, 5.41) is 4.20. The summed E-state index contributed by atoms with van der Waals surface area (Å²) in [6.07, 6.45) is 6.29. The van der Waals surface area contributed by atoms with Gasteiger partial charge in [-0.1, -0.05) is 35.5 Å². The van der Waals surface area contributed by atoms with Gasteiger partial charge in [0.05, 0.1) is 6.54 Å². The second kappa shape index (κ2) is 7.02. The third kappa shape index (κ3) is 3.81. The van der Waals surface area contributed by atoms with Crippen LogP contribution in [0.2, 0.25) is 0 Å². The molecule has 27 heavy (non-hydrogen) atoms. The number of hydrogen-bond donors (Lipinski definition) is 0. The number of rotatable bonds is 4. The monoisotopic (exact) mass is 366 g/mol. The number of likely N-dealkylation sites (N-methyl/N-ethyl adjacent to an activating group) is 1. The van der Waals surface area contributed by atoms with Crippen LogP contribution in [0.3, 0.4) is 0 Å². The predicted octanol–water partition coefficient (Wildman–Crippen LogP) is 3.65. The van der Waals surface area contributed by atoms with E-state index in [1.807, 2.05) is 0 Å². The maximum atomic E-state index is 5.42. The molecule has 1 aliphatic carbocycles. The first-order chi connectivity index (χ1) is 13.2. The highest BCUT2D eigenvalue weighted by atomic mass is 16.5. The van der Waals surface area contributed by atoms with Crippen LogP contribution in [0.25, 0.3) is 0 Å². The molecule has 5 nitrogen and oxygen atoms in total. The van der Waals surface area contributed by atoms with Gasteiger partial charge in [0, 0.05) is 19.0 Å². The summed E-state index contributed by atoms with van der Waals surface area (Å²) >= 11 is 0. The van der Waals surface area contributed by atoms with Gasteiger partial charge in [0.15, 0.2) is 5.82 Å². The van der Waals surface area contributed by atoms with Crippen LogP contribution in [0.4, 0.5) is 0 Å². The molecule has 5 heteroatoms. The molecule has 2 saturated heterocycles. The minimum Gasteiger partial charge on any atom is -0.339 e. The first-order valence-electron chi connectivity index (χ1n) is 10.5. The number of likely N-dealkylation sites (tertiary alicyclic amines) is 2. The Labute approximate surface area is 161 Å². The summed E-state index contributed by atoms with van der Waals surface area (Å²) in [6, 6.07) is 11.1. The highest BCUT2D eigenvalue weighted by molar-refractivity contribution is 5.21. The fraction of sp³-hybridized carbons (Fsp3) is 0.636. The molecule has 0 bridgehead atoms. The van der Waals surface area contributed by atoms with Gasteiger partial charge < -0.3 is 9.42 Å². The lowest BCUT2D eigenvalue weighted by Crippen LogP contribution is -2.50. The van der Waals surface area contributed by atoms with Crippen LogP contribution in [-0.2, 0) is 6.54 Å². The molecule has 0 radical (unpaired) electrons. The van der Waals surface area contributed by atoms with Crippen molar-refractivity contribution in [2.75, 3.05) is 33.2 Å². The second-order valence-corrected chi connectivity index (χ2v) is 9.11. The zero-order valence-electron chi connectivity index (χ0n) is 16.3. The fourth-order valence-corrected chi connectivity index (χ4v) is 5.19. The standard InChI is InChI=1S/C22H30N4O/c1-25-14-19(17-5-3-2-4-6-17)13-22(16-25)9-11-26(12-10-22)15-20-23-21(27-24-20)18-7-8-18/h2-6,18-19H,7-16H2,1H3/t19-/m0/s1. The van der Waals surface area contributed by atoms with Gasteiger partial charge in [-0.05, 0) is 69.1 Å². The van der Waals surface area contributed by atoms with Crippen LogP contribution in [-0.4, -0.2) is 53.2 Å². The van der Waals surface area contributed by atoms with Gasteiger partial charge in [-0.15, -0.1) is 0 Å². The normalized spacial score (nSPS) is 26.5. The van der Waals surface area contributed by atoms with Gasteiger partial charge in [0.1, 0.15) is 0 Å². The number of piperidine rings is 2. The van der Waals surface area contributed by atoms with E-state index in [9.17, 15) is 0 Å². The van der Waals surface area contributed by atoms with E-state index in [4.69, 9.17) is 4.52 Å². The quantitative estimate of drug-likeness (QED) is 0.826. The number of nitrogens with zero attached hydrogens (tertiary/aromatic N) is 4. The third-order valence-corrected chi connectivity index (χ3v) is 6.78. The zero-order chi connectivity index (χ0) is 18.3. The molecule has 144 valence electrons. The van der Waals surface area contributed by atoms with Crippen molar-refractivity contribution in [1.82, 2.24) is 19.9 Å². The molecule has 3 heterocycles. The maximum Gasteiger partial charge on any atom is 0.229 e. The summed E-state index contributed by atoms with van der Waals surface area (Å²) in [5.74, 6) is 2.94. The Bertz CT molecular complexity index is 762. The molecule has 1 aromatic heterocycles. The molecule has 0 N–H and O–H groups in total. The summed E-state index contributed by atoms with van der Waals surface area (Å²) in [5.41, 5.74) is 1.96. The van der Waals surface area contributed by atoms with E-state index >= 15 is 0 Å². The van der Waals surface area contributed by atoms with E-state index in [2.05, 4.69) is 57.3 Å². The van der Waals surface area contributed by atoms with Crippen molar-refractivity contribution in [3.05, 3.63) is 47.6 Å². The lowest BCUT2D eigenvalue weighted by Gasteiger charge is -2.49. The summed E-state index contributed by atoms with van der Waals surface area (Å²) in [7, 11) is 2.29. The highest BCUT2D eigenvalue weighted by Crippen LogP contribution is 2.45. The third-order valence-electron chi connectivity index (χ3n) is 6.78. The Balaban J connectivity index is 1.21. The molecule has 1 saturated carbocycles. The predicted molar refractivity (Wildman–Crippen MR) is 105 cm³/mol. The van der Waals surface area contributed by atoms with Crippen molar-refractivity contribution in [3.8, 4) is 0 Å². The Morgan fingerprint density at radius 2 is 1.89 bits per heavy atom. The molecule has 2 aliphatic heterocycles. The van der Waals surface area contributed by atoms with Crippen molar-refractivity contribution in [3.63, 3.8) is 0 Å². The van der Waals surface area contributed by atoms with E-state index in [1.165, 1.54) is 50.8 Å².